The van der Waals surface area contributed by atoms with E-state index in [0.717, 1.165) is 53.5 Å². The predicted molar refractivity (Wildman–Crippen MR) is 156 cm³/mol. The van der Waals surface area contributed by atoms with Crippen molar-refractivity contribution in [1.29, 1.82) is 0 Å². The number of amides is 3. The summed E-state index contributed by atoms with van der Waals surface area (Å²) in [4.78, 5) is 46.5. The second-order valence-electron chi connectivity index (χ2n) is 12.4. The molecule has 2 heterocycles. The van der Waals surface area contributed by atoms with Crippen molar-refractivity contribution in [3.05, 3.63) is 88.6 Å². The topological polar surface area (TPSA) is 103 Å². The Balaban J connectivity index is 1.09. The minimum Gasteiger partial charge on any atom is -0.329 e. The van der Waals surface area contributed by atoms with E-state index in [4.69, 9.17) is 0 Å². The Labute approximate surface area is 239 Å². The second kappa shape index (κ2) is 9.80. The summed E-state index contributed by atoms with van der Waals surface area (Å²) in [5.41, 5.74) is 5.01. The Kier molecular flexibility index (Phi) is 6.19. The highest BCUT2D eigenvalue weighted by Gasteiger charge is 2.56. The minimum absolute atomic E-state index is 0.00160. The summed E-state index contributed by atoms with van der Waals surface area (Å²) in [5.74, 6) is 1.17. The number of anilines is 2. The van der Waals surface area contributed by atoms with Crippen molar-refractivity contribution in [3.8, 4) is 0 Å². The number of fused-ring (bicyclic) bond motifs is 4. The summed E-state index contributed by atoms with van der Waals surface area (Å²) in [5, 5.41) is 9.20. The summed E-state index contributed by atoms with van der Waals surface area (Å²) in [7, 11) is 1.91. The fraction of sp³-hybridized carbons (Fsp3) is 0.394. The zero-order valence-electron chi connectivity index (χ0n) is 23.3. The van der Waals surface area contributed by atoms with Crippen LogP contribution >= 0.6 is 0 Å². The number of pyridine rings is 1. The molecule has 41 heavy (non-hydrogen) atoms. The fourth-order valence-corrected chi connectivity index (χ4v) is 7.75. The molecule has 2 bridgehead atoms. The number of nitrogens with zero attached hydrogens (tertiary/aromatic N) is 2. The van der Waals surface area contributed by atoms with Crippen molar-refractivity contribution in [2.24, 2.45) is 11.3 Å². The van der Waals surface area contributed by atoms with Gasteiger partial charge in [-0.25, -0.2) is 4.98 Å². The molecule has 3 saturated carbocycles. The molecule has 3 amide bonds. The summed E-state index contributed by atoms with van der Waals surface area (Å²) < 4.78 is 0. The van der Waals surface area contributed by atoms with Gasteiger partial charge in [-0.05, 0) is 91.9 Å². The SMILES string of the molecule is CNCc1ccccc1CN(CC(=O)Nc1ccc2c(c1)CC1(C2)C(=O)Nc2ncccc21)C(=O)C12CCC(C1)C2. The van der Waals surface area contributed by atoms with Crippen LogP contribution in [-0.2, 0) is 45.7 Å². The molecule has 8 rings (SSSR count). The van der Waals surface area contributed by atoms with Gasteiger partial charge in [0.15, 0.2) is 0 Å². The van der Waals surface area contributed by atoms with E-state index in [2.05, 4.69) is 27.0 Å². The zero-order valence-corrected chi connectivity index (χ0v) is 23.3. The number of benzene rings is 2. The first-order chi connectivity index (χ1) is 19.9. The molecule has 5 aliphatic rings. The molecule has 1 unspecified atom stereocenters. The third-order valence-electron chi connectivity index (χ3n) is 9.78. The Morgan fingerprint density at radius 3 is 2.63 bits per heavy atom. The van der Waals surface area contributed by atoms with Gasteiger partial charge in [0.1, 0.15) is 12.4 Å². The van der Waals surface area contributed by atoms with Crippen LogP contribution in [0, 0.1) is 11.3 Å². The molecule has 3 fully saturated rings. The monoisotopic (exact) mass is 549 g/mol. The smallest absolute Gasteiger partial charge is 0.244 e. The molecule has 8 heteroatoms. The molecule has 1 spiro atoms. The van der Waals surface area contributed by atoms with Gasteiger partial charge in [-0.2, -0.15) is 0 Å². The highest BCUT2D eigenvalue weighted by molar-refractivity contribution is 6.06. The van der Waals surface area contributed by atoms with Crippen LogP contribution in [0.3, 0.4) is 0 Å². The Morgan fingerprint density at radius 2 is 1.85 bits per heavy atom. The largest absolute Gasteiger partial charge is 0.329 e. The van der Waals surface area contributed by atoms with E-state index in [0.29, 0.717) is 43.4 Å². The molecular weight excluding hydrogens is 514 g/mol. The Morgan fingerprint density at radius 1 is 1.05 bits per heavy atom. The number of hydrogen-bond donors (Lipinski definition) is 3. The lowest BCUT2D eigenvalue weighted by atomic mass is 9.68. The second-order valence-corrected chi connectivity index (χ2v) is 12.4. The van der Waals surface area contributed by atoms with Crippen molar-refractivity contribution in [2.45, 2.75) is 57.0 Å². The fourth-order valence-electron chi connectivity index (χ4n) is 7.75. The van der Waals surface area contributed by atoms with Crippen LogP contribution in [0.25, 0.3) is 0 Å². The Hall–Kier alpha value is -4.04. The molecule has 210 valence electrons. The standard InChI is InChI=1S/C33H35N5O3/c1-34-18-23-5-2-3-6-24(23)19-38(31(41)32-11-10-21(14-32)15-32)20-28(39)36-26-9-8-22-16-33(17-25(22)13-26)27-7-4-12-35-29(27)37-30(33)40/h2-9,12-13,21,34H,10-11,14-20H2,1H3,(H,36,39)(H,35,37,40). The van der Waals surface area contributed by atoms with Crippen LogP contribution in [0.5, 0.6) is 0 Å². The van der Waals surface area contributed by atoms with Crippen molar-refractivity contribution >= 4 is 29.2 Å². The van der Waals surface area contributed by atoms with Crippen LogP contribution in [0.2, 0.25) is 0 Å². The van der Waals surface area contributed by atoms with E-state index in [9.17, 15) is 14.4 Å². The van der Waals surface area contributed by atoms with Crippen LogP contribution in [0.4, 0.5) is 11.5 Å². The first-order valence-electron chi connectivity index (χ1n) is 14.6. The number of carbonyl (C=O) groups is 3. The van der Waals surface area contributed by atoms with E-state index in [1.165, 1.54) is 0 Å². The van der Waals surface area contributed by atoms with Crippen LogP contribution < -0.4 is 16.0 Å². The summed E-state index contributed by atoms with van der Waals surface area (Å²) in [6, 6.07) is 17.8. The van der Waals surface area contributed by atoms with Gasteiger partial charge >= 0.3 is 0 Å². The maximum absolute atomic E-state index is 13.9. The third-order valence-corrected chi connectivity index (χ3v) is 9.78. The molecule has 2 aromatic carbocycles. The molecule has 1 atom stereocenters. The molecule has 3 aromatic rings. The van der Waals surface area contributed by atoms with Gasteiger partial charge in [0.2, 0.25) is 17.7 Å². The molecule has 4 aliphatic carbocycles. The van der Waals surface area contributed by atoms with Crippen LogP contribution in [-0.4, -0.2) is 41.2 Å². The summed E-state index contributed by atoms with van der Waals surface area (Å²) in [6.45, 7) is 1.11. The van der Waals surface area contributed by atoms with E-state index in [-0.39, 0.29) is 29.7 Å². The van der Waals surface area contributed by atoms with Crippen LogP contribution in [0.15, 0.2) is 60.8 Å². The van der Waals surface area contributed by atoms with E-state index >= 15 is 0 Å². The highest BCUT2D eigenvalue weighted by Crippen LogP contribution is 2.59. The lowest BCUT2D eigenvalue weighted by Gasteiger charge is -2.40. The molecule has 8 nitrogen and oxygen atoms in total. The van der Waals surface area contributed by atoms with Crippen molar-refractivity contribution in [2.75, 3.05) is 24.2 Å². The van der Waals surface area contributed by atoms with Crippen molar-refractivity contribution < 1.29 is 14.4 Å². The van der Waals surface area contributed by atoms with E-state index < -0.39 is 5.41 Å². The first kappa shape index (κ1) is 25.9. The normalized spacial score (nSPS) is 24.9. The lowest BCUT2D eigenvalue weighted by Crippen LogP contribution is -2.48. The van der Waals surface area contributed by atoms with Crippen molar-refractivity contribution in [1.82, 2.24) is 15.2 Å². The van der Waals surface area contributed by atoms with Crippen molar-refractivity contribution in [3.63, 3.8) is 0 Å². The zero-order chi connectivity index (χ0) is 28.2. The van der Waals surface area contributed by atoms with Gasteiger partial charge in [-0.1, -0.05) is 36.4 Å². The van der Waals surface area contributed by atoms with Gasteiger partial charge < -0.3 is 20.9 Å². The lowest BCUT2D eigenvalue weighted by molar-refractivity contribution is -0.148. The molecule has 0 saturated heterocycles. The number of aromatic nitrogens is 1. The van der Waals surface area contributed by atoms with Gasteiger partial charge in [0.05, 0.1) is 5.41 Å². The average molecular weight is 550 g/mol. The quantitative estimate of drug-likeness (QED) is 0.395. The summed E-state index contributed by atoms with van der Waals surface area (Å²) >= 11 is 0. The maximum Gasteiger partial charge on any atom is 0.244 e. The summed E-state index contributed by atoms with van der Waals surface area (Å²) in [6.07, 6.45) is 6.78. The van der Waals surface area contributed by atoms with Gasteiger partial charge in [0, 0.05) is 36.0 Å². The maximum atomic E-state index is 13.9. The highest BCUT2D eigenvalue weighted by atomic mass is 16.2. The average Bonchev–Trinajstić information content (AvgIpc) is 3.72. The van der Waals surface area contributed by atoms with E-state index in [1.807, 2.05) is 55.6 Å². The molecule has 3 N–H and O–H groups in total. The first-order valence-corrected chi connectivity index (χ1v) is 14.6. The van der Waals surface area contributed by atoms with Gasteiger partial charge in [-0.15, -0.1) is 0 Å². The third kappa shape index (κ3) is 4.32. The minimum atomic E-state index is -0.653. The number of nitrogens with one attached hydrogen (secondary N) is 3. The van der Waals surface area contributed by atoms with Crippen LogP contribution in [0.1, 0.15) is 53.5 Å². The molecule has 1 aromatic heterocycles. The molecule has 0 radical (unpaired) electrons. The number of carbonyl (C=O) groups excluding carboxylic acids is 3. The molecule has 1 aliphatic heterocycles. The number of hydrogen-bond acceptors (Lipinski definition) is 5. The van der Waals surface area contributed by atoms with Gasteiger partial charge in [-0.3, -0.25) is 14.4 Å². The number of rotatable bonds is 8. The predicted octanol–water partition coefficient (Wildman–Crippen LogP) is 3.95. The molecular formula is C33H35N5O3. The van der Waals surface area contributed by atoms with E-state index in [1.54, 1.807) is 11.1 Å². The Bertz CT molecular complexity index is 1560. The van der Waals surface area contributed by atoms with Gasteiger partial charge in [0.25, 0.3) is 0 Å².